The molecule has 6 heteroatoms. The Kier molecular flexibility index (Phi) is 4.72. The number of esters is 2. The summed E-state index contributed by atoms with van der Waals surface area (Å²) in [6.07, 6.45) is 0. The highest BCUT2D eigenvalue weighted by Gasteiger charge is 2.32. The van der Waals surface area contributed by atoms with Crippen molar-refractivity contribution in [2.75, 3.05) is 13.7 Å². The molecule has 0 aromatic carbocycles. The zero-order valence-electron chi connectivity index (χ0n) is 10.8. The third-order valence-corrected chi connectivity index (χ3v) is 3.03. The summed E-state index contributed by atoms with van der Waals surface area (Å²) >= 11 is 1.12. The first kappa shape index (κ1) is 14.5. The van der Waals surface area contributed by atoms with Crippen LogP contribution in [0.1, 0.15) is 30.4 Å². The summed E-state index contributed by atoms with van der Waals surface area (Å²) in [5, 5.41) is 0.466. The van der Waals surface area contributed by atoms with Crippen LogP contribution in [0.2, 0.25) is 0 Å². The molecule has 1 aromatic rings. The van der Waals surface area contributed by atoms with Crippen molar-refractivity contribution in [2.24, 2.45) is 0 Å². The Bertz CT molecular complexity index is 435. The second kappa shape index (κ2) is 5.86. The quantitative estimate of drug-likeness (QED) is 0.769. The topological polar surface area (TPSA) is 61.8 Å². The zero-order valence-corrected chi connectivity index (χ0v) is 11.6. The number of rotatable bonds is 5. The fraction of sp³-hybridized carbons (Fsp3) is 0.500. The van der Waals surface area contributed by atoms with Crippen LogP contribution in [0, 0.1) is 0 Å². The van der Waals surface area contributed by atoms with Crippen LogP contribution in [-0.2, 0) is 14.3 Å². The van der Waals surface area contributed by atoms with Gasteiger partial charge in [0.25, 0.3) is 0 Å². The average molecular weight is 272 g/mol. The van der Waals surface area contributed by atoms with Gasteiger partial charge in [-0.05, 0) is 32.9 Å². The molecule has 0 saturated heterocycles. The number of ether oxygens (including phenoxy) is 3. The first-order valence-corrected chi connectivity index (χ1v) is 6.26. The number of hydrogen-bond acceptors (Lipinski definition) is 6. The second-order valence-electron chi connectivity index (χ2n) is 3.94. The summed E-state index contributed by atoms with van der Waals surface area (Å²) in [5.41, 5.74) is -1.09. The Labute approximate surface area is 110 Å². The van der Waals surface area contributed by atoms with Crippen molar-refractivity contribution in [1.82, 2.24) is 0 Å². The van der Waals surface area contributed by atoms with Crippen LogP contribution in [0.4, 0.5) is 0 Å². The molecule has 0 amide bonds. The molecule has 5 nitrogen and oxygen atoms in total. The van der Waals surface area contributed by atoms with Crippen LogP contribution in [0.5, 0.6) is 5.06 Å². The van der Waals surface area contributed by atoms with Crippen molar-refractivity contribution < 1.29 is 23.8 Å². The molecule has 0 radical (unpaired) electrons. The largest absolute Gasteiger partial charge is 0.467 e. The van der Waals surface area contributed by atoms with E-state index in [1.54, 1.807) is 32.9 Å². The Morgan fingerprint density at radius 1 is 1.33 bits per heavy atom. The number of carbonyl (C=O) groups is 2. The zero-order chi connectivity index (χ0) is 13.8. The van der Waals surface area contributed by atoms with Crippen LogP contribution in [0.15, 0.2) is 12.1 Å². The molecule has 100 valence electrons. The molecule has 0 N–H and O–H groups in total. The predicted molar refractivity (Wildman–Crippen MR) is 67.0 cm³/mol. The summed E-state index contributed by atoms with van der Waals surface area (Å²) in [7, 11) is 1.31. The van der Waals surface area contributed by atoms with Gasteiger partial charge in [-0.3, -0.25) is 0 Å². The lowest BCUT2D eigenvalue weighted by atomic mass is 10.1. The fourth-order valence-corrected chi connectivity index (χ4v) is 2.09. The van der Waals surface area contributed by atoms with E-state index < -0.39 is 17.5 Å². The van der Waals surface area contributed by atoms with Crippen molar-refractivity contribution >= 4 is 23.3 Å². The van der Waals surface area contributed by atoms with Gasteiger partial charge in [0.05, 0.1) is 13.7 Å². The number of thiophene rings is 1. The molecular formula is C12H16O5S. The van der Waals surface area contributed by atoms with Gasteiger partial charge in [0.1, 0.15) is 4.88 Å². The molecule has 0 spiro atoms. The Morgan fingerprint density at radius 3 is 2.56 bits per heavy atom. The van der Waals surface area contributed by atoms with E-state index in [1.807, 2.05) is 0 Å². The van der Waals surface area contributed by atoms with Crippen molar-refractivity contribution in [1.29, 1.82) is 0 Å². The summed E-state index contributed by atoms with van der Waals surface area (Å²) in [6, 6.07) is 3.21. The van der Waals surface area contributed by atoms with Gasteiger partial charge in [0.15, 0.2) is 5.06 Å². The molecule has 0 aliphatic carbocycles. The molecule has 1 aromatic heterocycles. The van der Waals surface area contributed by atoms with Crippen LogP contribution in [0.25, 0.3) is 0 Å². The van der Waals surface area contributed by atoms with Gasteiger partial charge in [0, 0.05) is 0 Å². The van der Waals surface area contributed by atoms with Gasteiger partial charge in [-0.15, -0.1) is 0 Å². The van der Waals surface area contributed by atoms with Crippen LogP contribution < -0.4 is 4.74 Å². The highest BCUT2D eigenvalue weighted by atomic mass is 32.1. The highest BCUT2D eigenvalue weighted by molar-refractivity contribution is 7.15. The Hall–Kier alpha value is -1.56. The third kappa shape index (κ3) is 3.46. The average Bonchev–Trinajstić information content (AvgIpc) is 2.76. The monoisotopic (exact) mass is 272 g/mol. The summed E-state index contributed by atoms with van der Waals surface area (Å²) in [5.74, 6) is -0.873. The molecule has 0 saturated carbocycles. The van der Waals surface area contributed by atoms with Crippen molar-refractivity contribution in [3.8, 4) is 5.06 Å². The van der Waals surface area contributed by atoms with E-state index in [-0.39, 0.29) is 0 Å². The van der Waals surface area contributed by atoms with E-state index >= 15 is 0 Å². The molecule has 0 unspecified atom stereocenters. The molecule has 0 atom stereocenters. The van der Waals surface area contributed by atoms with Gasteiger partial charge in [0.2, 0.25) is 5.60 Å². The SMILES string of the molecule is CCOC(=O)C(C)(C)Oc1ccc(C(=O)OC)s1. The molecule has 0 fully saturated rings. The number of methoxy groups -OCH3 is 1. The van der Waals surface area contributed by atoms with Gasteiger partial charge in [-0.25, -0.2) is 9.59 Å². The van der Waals surface area contributed by atoms with Gasteiger partial charge >= 0.3 is 11.9 Å². The lowest BCUT2D eigenvalue weighted by Crippen LogP contribution is -2.39. The van der Waals surface area contributed by atoms with Gasteiger partial charge in [-0.1, -0.05) is 11.3 Å². The van der Waals surface area contributed by atoms with Gasteiger partial charge < -0.3 is 14.2 Å². The predicted octanol–water partition coefficient (Wildman–Crippen LogP) is 2.26. The van der Waals surface area contributed by atoms with Crippen LogP contribution >= 0.6 is 11.3 Å². The van der Waals surface area contributed by atoms with Crippen LogP contribution in [0.3, 0.4) is 0 Å². The molecule has 1 rings (SSSR count). The van der Waals surface area contributed by atoms with E-state index in [1.165, 1.54) is 7.11 Å². The first-order valence-electron chi connectivity index (χ1n) is 5.45. The van der Waals surface area contributed by atoms with E-state index in [2.05, 4.69) is 4.74 Å². The van der Waals surface area contributed by atoms with E-state index in [4.69, 9.17) is 9.47 Å². The standard InChI is InChI=1S/C12H16O5S/c1-5-16-11(14)12(2,3)17-9-7-6-8(18-9)10(13)15-4/h6-7H,5H2,1-4H3. The van der Waals surface area contributed by atoms with Crippen molar-refractivity contribution in [2.45, 2.75) is 26.4 Å². The number of carbonyl (C=O) groups excluding carboxylic acids is 2. The summed E-state index contributed by atoms with van der Waals surface area (Å²) in [4.78, 5) is 23.3. The number of hydrogen-bond donors (Lipinski definition) is 0. The first-order chi connectivity index (χ1) is 8.40. The second-order valence-corrected chi connectivity index (χ2v) is 4.99. The maximum absolute atomic E-state index is 11.6. The van der Waals surface area contributed by atoms with E-state index in [0.29, 0.717) is 16.5 Å². The Morgan fingerprint density at radius 2 is 2.00 bits per heavy atom. The van der Waals surface area contributed by atoms with Gasteiger partial charge in [-0.2, -0.15) is 0 Å². The molecule has 0 bridgehead atoms. The molecule has 18 heavy (non-hydrogen) atoms. The van der Waals surface area contributed by atoms with Crippen molar-refractivity contribution in [3.63, 3.8) is 0 Å². The summed E-state index contributed by atoms with van der Waals surface area (Å²) < 4.78 is 15.0. The lowest BCUT2D eigenvalue weighted by molar-refractivity contribution is -0.158. The maximum Gasteiger partial charge on any atom is 0.349 e. The Balaban J connectivity index is 2.75. The summed E-state index contributed by atoms with van der Waals surface area (Å²) in [6.45, 7) is 5.25. The molecule has 1 heterocycles. The smallest absolute Gasteiger partial charge is 0.349 e. The van der Waals surface area contributed by atoms with Crippen molar-refractivity contribution in [3.05, 3.63) is 17.0 Å². The molecular weight excluding hydrogens is 256 g/mol. The molecule has 0 aliphatic heterocycles. The minimum Gasteiger partial charge on any atom is -0.467 e. The molecule has 0 aliphatic rings. The maximum atomic E-state index is 11.6. The van der Waals surface area contributed by atoms with E-state index in [0.717, 1.165) is 11.3 Å². The fourth-order valence-electron chi connectivity index (χ4n) is 1.18. The minimum atomic E-state index is -1.09. The minimum absolute atomic E-state index is 0.295. The highest BCUT2D eigenvalue weighted by Crippen LogP contribution is 2.28. The third-order valence-electron chi connectivity index (χ3n) is 2.09. The van der Waals surface area contributed by atoms with Crippen LogP contribution in [-0.4, -0.2) is 31.3 Å². The lowest BCUT2D eigenvalue weighted by Gasteiger charge is -2.22. The normalized spacial score (nSPS) is 10.9. The van der Waals surface area contributed by atoms with E-state index in [9.17, 15) is 9.59 Å².